The van der Waals surface area contributed by atoms with Crippen LogP contribution >= 0.6 is 0 Å². The molecule has 6 nitrogen and oxygen atoms in total. The number of rotatable bonds is 8. The standard InChI is InChI=1S/C19H19F3N2O4S/c20-19(21,22)13-23-18(26)12-14-6-8-15(9-7-14)24-17(25)10-11-29(27,28)16-4-2-1-3-5-16/h1-9H,10-13H2,(H,23,26)(H,24,25). The second kappa shape index (κ2) is 9.55. The molecule has 2 amide bonds. The minimum absolute atomic E-state index is 0.140. The fraction of sp³-hybridized carbons (Fsp3) is 0.263. The van der Waals surface area contributed by atoms with Crippen LogP contribution in [0.2, 0.25) is 0 Å². The summed E-state index contributed by atoms with van der Waals surface area (Å²) in [4.78, 5) is 23.6. The zero-order valence-corrected chi connectivity index (χ0v) is 16.0. The van der Waals surface area contributed by atoms with E-state index in [2.05, 4.69) is 5.32 Å². The minimum Gasteiger partial charge on any atom is -0.347 e. The largest absolute Gasteiger partial charge is 0.405 e. The summed E-state index contributed by atoms with van der Waals surface area (Å²) in [6, 6.07) is 13.7. The number of benzene rings is 2. The van der Waals surface area contributed by atoms with Crippen molar-refractivity contribution in [2.75, 3.05) is 17.6 Å². The Morgan fingerprint density at radius 3 is 2.10 bits per heavy atom. The summed E-state index contributed by atoms with van der Waals surface area (Å²) in [5, 5.41) is 4.31. The zero-order chi connectivity index (χ0) is 21.5. The van der Waals surface area contributed by atoms with E-state index in [9.17, 15) is 31.2 Å². The molecule has 0 aliphatic carbocycles. The molecular formula is C19H19F3N2O4S. The van der Waals surface area contributed by atoms with E-state index in [4.69, 9.17) is 0 Å². The third-order valence-corrected chi connectivity index (χ3v) is 5.52. The van der Waals surface area contributed by atoms with Crippen LogP contribution < -0.4 is 10.6 Å². The van der Waals surface area contributed by atoms with Gasteiger partial charge in [0, 0.05) is 12.1 Å². The maximum atomic E-state index is 12.2. The Labute approximate surface area is 166 Å². The van der Waals surface area contributed by atoms with Crippen LogP contribution in [0, 0.1) is 0 Å². The van der Waals surface area contributed by atoms with Gasteiger partial charge < -0.3 is 10.6 Å². The predicted molar refractivity (Wildman–Crippen MR) is 101 cm³/mol. The molecule has 0 aromatic heterocycles. The summed E-state index contributed by atoms with van der Waals surface area (Å²) < 4.78 is 60.5. The van der Waals surface area contributed by atoms with Crippen LogP contribution in [0.15, 0.2) is 59.5 Å². The van der Waals surface area contributed by atoms with Gasteiger partial charge in [-0.3, -0.25) is 9.59 Å². The SMILES string of the molecule is O=C(Cc1ccc(NC(=O)CCS(=O)(=O)c2ccccc2)cc1)NCC(F)(F)F. The fourth-order valence-corrected chi connectivity index (χ4v) is 3.61. The smallest absolute Gasteiger partial charge is 0.347 e. The zero-order valence-electron chi connectivity index (χ0n) is 15.2. The highest BCUT2D eigenvalue weighted by atomic mass is 32.2. The van der Waals surface area contributed by atoms with E-state index in [1.54, 1.807) is 23.5 Å². The summed E-state index contributed by atoms with van der Waals surface area (Å²) in [6.45, 7) is -1.40. The van der Waals surface area contributed by atoms with Crippen LogP contribution in [0.1, 0.15) is 12.0 Å². The van der Waals surface area contributed by atoms with Crippen LogP contribution in [0.4, 0.5) is 18.9 Å². The van der Waals surface area contributed by atoms with Gasteiger partial charge in [0.05, 0.1) is 17.1 Å². The summed E-state index contributed by atoms with van der Waals surface area (Å²) in [7, 11) is -3.57. The van der Waals surface area contributed by atoms with Gasteiger partial charge in [0.2, 0.25) is 11.8 Å². The van der Waals surface area contributed by atoms with Crippen LogP contribution in [0.25, 0.3) is 0 Å². The first kappa shape index (κ1) is 22.4. The Bertz CT molecular complexity index is 944. The lowest BCUT2D eigenvalue weighted by Crippen LogP contribution is -2.34. The van der Waals surface area contributed by atoms with E-state index >= 15 is 0 Å². The molecule has 0 heterocycles. The molecule has 0 radical (unpaired) electrons. The number of anilines is 1. The lowest BCUT2D eigenvalue weighted by Gasteiger charge is -2.09. The third-order valence-electron chi connectivity index (χ3n) is 3.79. The number of amides is 2. The number of sulfone groups is 1. The molecule has 29 heavy (non-hydrogen) atoms. The van der Waals surface area contributed by atoms with Crippen molar-refractivity contribution in [3.8, 4) is 0 Å². The van der Waals surface area contributed by atoms with Crippen LogP contribution in [-0.2, 0) is 25.8 Å². The Hall–Kier alpha value is -2.88. The van der Waals surface area contributed by atoms with Crippen molar-refractivity contribution in [1.29, 1.82) is 0 Å². The topological polar surface area (TPSA) is 92.3 Å². The molecule has 0 atom stereocenters. The molecule has 0 aliphatic rings. The van der Waals surface area contributed by atoms with Gasteiger partial charge in [-0.15, -0.1) is 0 Å². The number of halogens is 3. The molecule has 2 aromatic rings. The van der Waals surface area contributed by atoms with Gasteiger partial charge in [-0.25, -0.2) is 8.42 Å². The first-order valence-corrected chi connectivity index (χ1v) is 10.2. The number of carbonyl (C=O) groups excluding carboxylic acids is 2. The molecule has 156 valence electrons. The second-order valence-corrected chi connectivity index (χ2v) is 8.30. The van der Waals surface area contributed by atoms with E-state index in [-0.39, 0.29) is 23.5 Å². The van der Waals surface area contributed by atoms with E-state index < -0.39 is 34.4 Å². The molecule has 0 saturated heterocycles. The second-order valence-electron chi connectivity index (χ2n) is 6.20. The Morgan fingerprint density at radius 1 is 0.897 bits per heavy atom. The highest BCUT2D eigenvalue weighted by Crippen LogP contribution is 2.14. The summed E-state index contributed by atoms with van der Waals surface area (Å²) >= 11 is 0. The number of hydrogen-bond donors (Lipinski definition) is 2. The molecule has 2 rings (SSSR count). The van der Waals surface area contributed by atoms with Crippen LogP contribution in [0.3, 0.4) is 0 Å². The lowest BCUT2D eigenvalue weighted by molar-refractivity contribution is -0.138. The third kappa shape index (κ3) is 7.94. The van der Waals surface area contributed by atoms with E-state index in [0.717, 1.165) is 0 Å². The highest BCUT2D eigenvalue weighted by molar-refractivity contribution is 7.91. The van der Waals surface area contributed by atoms with Gasteiger partial charge in [0.25, 0.3) is 0 Å². The molecule has 0 aliphatic heterocycles. The van der Waals surface area contributed by atoms with Gasteiger partial charge in [0.15, 0.2) is 9.84 Å². The predicted octanol–water partition coefficient (Wildman–Crippen LogP) is 2.71. The average molecular weight is 428 g/mol. The Morgan fingerprint density at radius 2 is 1.52 bits per heavy atom. The molecule has 0 spiro atoms. The van der Waals surface area contributed by atoms with Gasteiger partial charge in [-0.1, -0.05) is 30.3 Å². The van der Waals surface area contributed by atoms with Crippen molar-refractivity contribution in [3.05, 3.63) is 60.2 Å². The molecule has 10 heteroatoms. The van der Waals surface area contributed by atoms with Gasteiger partial charge in [-0.2, -0.15) is 13.2 Å². The molecule has 0 fully saturated rings. The first-order valence-electron chi connectivity index (χ1n) is 8.55. The van der Waals surface area contributed by atoms with Crippen molar-refractivity contribution in [1.82, 2.24) is 5.32 Å². The minimum atomic E-state index is -4.47. The normalized spacial score (nSPS) is 11.7. The fourth-order valence-electron chi connectivity index (χ4n) is 2.35. The van der Waals surface area contributed by atoms with E-state index in [1.807, 2.05) is 0 Å². The molecule has 2 N–H and O–H groups in total. The first-order chi connectivity index (χ1) is 13.5. The summed E-state index contributed by atoms with van der Waals surface area (Å²) in [5.41, 5.74) is 0.848. The number of alkyl halides is 3. The quantitative estimate of drug-likeness (QED) is 0.676. The molecular weight excluding hydrogens is 409 g/mol. The van der Waals surface area contributed by atoms with Crippen molar-refractivity contribution in [2.45, 2.75) is 23.9 Å². The number of hydrogen-bond acceptors (Lipinski definition) is 4. The van der Waals surface area contributed by atoms with Crippen LogP contribution in [0.5, 0.6) is 0 Å². The van der Waals surface area contributed by atoms with E-state index in [0.29, 0.717) is 11.3 Å². The van der Waals surface area contributed by atoms with Gasteiger partial charge >= 0.3 is 6.18 Å². The average Bonchev–Trinajstić information content (AvgIpc) is 2.67. The maximum absolute atomic E-state index is 12.2. The number of carbonyl (C=O) groups is 2. The Kier molecular flexibility index (Phi) is 7.38. The Balaban J connectivity index is 1.83. The molecule has 2 aromatic carbocycles. The number of nitrogens with one attached hydrogen (secondary N) is 2. The summed E-state index contributed by atoms with van der Waals surface area (Å²) in [5.74, 6) is -1.62. The highest BCUT2D eigenvalue weighted by Gasteiger charge is 2.27. The van der Waals surface area contributed by atoms with Gasteiger partial charge in [-0.05, 0) is 29.8 Å². The molecule has 0 unspecified atom stereocenters. The van der Waals surface area contributed by atoms with Crippen molar-refractivity contribution >= 4 is 27.3 Å². The van der Waals surface area contributed by atoms with Gasteiger partial charge in [0.1, 0.15) is 6.54 Å². The lowest BCUT2D eigenvalue weighted by atomic mass is 10.1. The molecule has 0 saturated carbocycles. The van der Waals surface area contributed by atoms with Crippen molar-refractivity contribution < 1.29 is 31.2 Å². The van der Waals surface area contributed by atoms with Crippen LogP contribution in [-0.4, -0.2) is 38.7 Å². The van der Waals surface area contributed by atoms with E-state index in [1.165, 1.54) is 36.4 Å². The monoisotopic (exact) mass is 428 g/mol. The summed E-state index contributed by atoms with van der Waals surface area (Å²) in [6.07, 6.45) is -4.95. The van der Waals surface area contributed by atoms with Crippen molar-refractivity contribution in [3.63, 3.8) is 0 Å². The maximum Gasteiger partial charge on any atom is 0.405 e. The van der Waals surface area contributed by atoms with Crippen molar-refractivity contribution in [2.24, 2.45) is 0 Å². The molecule has 0 bridgehead atoms.